The number of hydrogen-bond donors (Lipinski definition) is 0. The Balaban J connectivity index is 1.77. The molecule has 196 valence electrons. The van der Waals surface area contributed by atoms with Crippen LogP contribution in [0.3, 0.4) is 0 Å². The Labute approximate surface area is 211 Å². The molecule has 0 bridgehead atoms. The van der Waals surface area contributed by atoms with Crippen LogP contribution in [0.4, 0.5) is 0 Å². The van der Waals surface area contributed by atoms with Gasteiger partial charge in [0.1, 0.15) is 11.5 Å². The van der Waals surface area contributed by atoms with Gasteiger partial charge >= 0.3 is 17.9 Å². The second kappa shape index (κ2) is 8.67. The minimum atomic E-state index is -1.53. The quantitative estimate of drug-likeness (QED) is 0.411. The van der Waals surface area contributed by atoms with Crippen molar-refractivity contribution in [2.75, 3.05) is 6.61 Å². The van der Waals surface area contributed by atoms with E-state index in [-0.39, 0.29) is 36.4 Å². The molecule has 0 unspecified atom stereocenters. The van der Waals surface area contributed by atoms with Crippen molar-refractivity contribution in [1.29, 1.82) is 0 Å². The molecule has 4 aliphatic rings. The fraction of sp³-hybridized carbons (Fsp3) is 0.679. The van der Waals surface area contributed by atoms with Gasteiger partial charge in [-0.25, -0.2) is 0 Å². The summed E-state index contributed by atoms with van der Waals surface area (Å²) in [5, 5.41) is 0. The van der Waals surface area contributed by atoms with Gasteiger partial charge in [0.25, 0.3) is 0 Å². The molecular formula is C28H36O8. The lowest BCUT2D eigenvalue weighted by molar-refractivity contribution is -0.197. The summed E-state index contributed by atoms with van der Waals surface area (Å²) in [4.78, 5) is 62.8. The standard InChI is InChI=1S/C28H36O8/c1-16(29)34-15-23(33)28(36-18(3)31)12-9-22-26(5)10-7-19-13-20(35-17(2)30)8-11-25(19,4)24(26)21(32)14-27(22,28)6/h7,13,22,24H,8-12,14-15H2,1-6H3/t22-,24+,25-,26-,27-,28-/m0/s1. The highest BCUT2D eigenvalue weighted by atomic mass is 16.6. The van der Waals surface area contributed by atoms with Crippen molar-refractivity contribution in [1.82, 2.24) is 0 Å². The maximum Gasteiger partial charge on any atom is 0.307 e. The summed E-state index contributed by atoms with van der Waals surface area (Å²) in [5.41, 5.74) is -2.32. The van der Waals surface area contributed by atoms with E-state index in [1.54, 1.807) is 0 Å². The lowest BCUT2D eigenvalue weighted by Gasteiger charge is -2.62. The highest BCUT2D eigenvalue weighted by molar-refractivity contribution is 5.95. The largest absolute Gasteiger partial charge is 0.458 e. The van der Waals surface area contributed by atoms with Gasteiger partial charge in [-0.05, 0) is 48.7 Å². The molecule has 4 aliphatic carbocycles. The minimum Gasteiger partial charge on any atom is -0.458 e. The van der Waals surface area contributed by atoms with E-state index in [9.17, 15) is 24.0 Å². The van der Waals surface area contributed by atoms with E-state index in [0.717, 1.165) is 5.57 Å². The lowest BCUT2D eigenvalue weighted by Crippen LogP contribution is -2.65. The van der Waals surface area contributed by atoms with Gasteiger partial charge in [-0.2, -0.15) is 0 Å². The van der Waals surface area contributed by atoms with Crippen LogP contribution in [0.15, 0.2) is 23.5 Å². The maximum absolute atomic E-state index is 14.1. The second-order valence-corrected chi connectivity index (χ2v) is 11.7. The summed E-state index contributed by atoms with van der Waals surface area (Å²) in [7, 11) is 0. The molecule has 2 fully saturated rings. The summed E-state index contributed by atoms with van der Waals surface area (Å²) in [6, 6.07) is 0. The predicted molar refractivity (Wildman–Crippen MR) is 128 cm³/mol. The summed E-state index contributed by atoms with van der Waals surface area (Å²) < 4.78 is 16.2. The fourth-order valence-electron chi connectivity index (χ4n) is 8.28. The molecule has 0 heterocycles. The average molecular weight is 501 g/mol. The van der Waals surface area contributed by atoms with Crippen molar-refractivity contribution in [3.05, 3.63) is 23.5 Å². The Kier molecular flexibility index (Phi) is 6.33. The van der Waals surface area contributed by atoms with Crippen molar-refractivity contribution in [3.8, 4) is 0 Å². The van der Waals surface area contributed by atoms with Crippen LogP contribution < -0.4 is 0 Å². The normalized spacial score (nSPS) is 39.0. The first-order valence-corrected chi connectivity index (χ1v) is 12.7. The van der Waals surface area contributed by atoms with E-state index in [1.807, 2.05) is 13.0 Å². The van der Waals surface area contributed by atoms with E-state index in [0.29, 0.717) is 31.4 Å². The number of ketones is 2. The molecule has 0 aliphatic heterocycles. The van der Waals surface area contributed by atoms with Crippen LogP contribution in [-0.4, -0.2) is 41.7 Å². The van der Waals surface area contributed by atoms with Crippen molar-refractivity contribution in [3.63, 3.8) is 0 Å². The van der Waals surface area contributed by atoms with Crippen LogP contribution in [0, 0.1) is 28.1 Å². The third-order valence-electron chi connectivity index (χ3n) is 9.51. The van der Waals surface area contributed by atoms with Gasteiger partial charge in [0, 0.05) is 50.4 Å². The van der Waals surface area contributed by atoms with E-state index < -0.39 is 46.2 Å². The van der Waals surface area contributed by atoms with Crippen molar-refractivity contribution >= 4 is 29.5 Å². The zero-order valence-corrected chi connectivity index (χ0v) is 22.0. The summed E-state index contributed by atoms with van der Waals surface area (Å²) in [5.74, 6) is -1.71. The number of carbonyl (C=O) groups is 5. The zero-order chi connectivity index (χ0) is 26.7. The fourth-order valence-corrected chi connectivity index (χ4v) is 8.28. The molecule has 0 N–H and O–H groups in total. The molecular weight excluding hydrogens is 464 g/mol. The SMILES string of the molecule is CC(=O)OCC(=O)[C@@]1(OC(C)=O)CC[C@H]2[C@]3(C)CC=C4C=C(OC(C)=O)CC[C@]4(C)[C@H]3C(=O)C[C@@]21C. The van der Waals surface area contributed by atoms with E-state index >= 15 is 0 Å². The summed E-state index contributed by atoms with van der Waals surface area (Å²) in [6.07, 6.45) is 6.90. The number of rotatable bonds is 5. The highest BCUT2D eigenvalue weighted by Gasteiger charge is 2.73. The number of esters is 3. The number of hydrogen-bond acceptors (Lipinski definition) is 8. The highest BCUT2D eigenvalue weighted by Crippen LogP contribution is 2.71. The van der Waals surface area contributed by atoms with Crippen molar-refractivity contribution in [2.24, 2.45) is 28.1 Å². The minimum absolute atomic E-state index is 0.0485. The zero-order valence-electron chi connectivity index (χ0n) is 22.0. The van der Waals surface area contributed by atoms with Gasteiger partial charge in [0.05, 0.1) is 0 Å². The molecule has 0 saturated heterocycles. The monoisotopic (exact) mass is 500 g/mol. The van der Waals surface area contributed by atoms with Crippen LogP contribution in [0.2, 0.25) is 0 Å². The first kappa shape index (κ1) is 26.3. The topological polar surface area (TPSA) is 113 Å². The summed E-state index contributed by atoms with van der Waals surface area (Å²) in [6.45, 7) is 9.50. The molecule has 0 aromatic rings. The van der Waals surface area contributed by atoms with Gasteiger partial charge in [0.2, 0.25) is 5.78 Å². The molecule has 2 saturated carbocycles. The first-order chi connectivity index (χ1) is 16.7. The van der Waals surface area contributed by atoms with Gasteiger partial charge in [-0.1, -0.05) is 26.8 Å². The molecule has 6 atom stereocenters. The third-order valence-corrected chi connectivity index (χ3v) is 9.51. The van der Waals surface area contributed by atoms with Crippen LogP contribution in [0.5, 0.6) is 0 Å². The van der Waals surface area contributed by atoms with Crippen molar-refractivity contribution in [2.45, 2.75) is 85.7 Å². The molecule has 8 heteroatoms. The van der Waals surface area contributed by atoms with Gasteiger partial charge in [-0.15, -0.1) is 0 Å². The Bertz CT molecular complexity index is 1100. The number of carbonyl (C=O) groups excluding carboxylic acids is 5. The molecule has 0 radical (unpaired) electrons. The van der Waals surface area contributed by atoms with Crippen molar-refractivity contribution < 1.29 is 38.2 Å². The van der Waals surface area contributed by atoms with Crippen LogP contribution in [0.25, 0.3) is 0 Å². The van der Waals surface area contributed by atoms with Crippen LogP contribution >= 0.6 is 0 Å². The molecule has 8 nitrogen and oxygen atoms in total. The number of Topliss-reactive ketones (excluding diaryl/α,β-unsaturated/α-hetero) is 2. The smallest absolute Gasteiger partial charge is 0.307 e. The van der Waals surface area contributed by atoms with E-state index in [1.165, 1.54) is 20.8 Å². The second-order valence-electron chi connectivity index (χ2n) is 11.7. The summed E-state index contributed by atoms with van der Waals surface area (Å²) >= 11 is 0. The van der Waals surface area contributed by atoms with E-state index in [2.05, 4.69) is 19.9 Å². The molecule has 0 aromatic heterocycles. The van der Waals surface area contributed by atoms with Crippen LogP contribution in [-0.2, 0) is 38.2 Å². The van der Waals surface area contributed by atoms with Gasteiger partial charge in [0.15, 0.2) is 12.2 Å². The Hall–Kier alpha value is -2.77. The van der Waals surface area contributed by atoms with Gasteiger partial charge in [-0.3, -0.25) is 24.0 Å². The molecule has 4 rings (SSSR count). The van der Waals surface area contributed by atoms with Crippen LogP contribution in [0.1, 0.15) is 80.1 Å². The average Bonchev–Trinajstić information content (AvgIpc) is 3.04. The predicted octanol–water partition coefficient (Wildman–Crippen LogP) is 4.01. The Morgan fingerprint density at radius 1 is 1.00 bits per heavy atom. The van der Waals surface area contributed by atoms with Gasteiger partial charge < -0.3 is 14.2 Å². The molecule has 0 aromatic carbocycles. The number of fused-ring (bicyclic) bond motifs is 5. The van der Waals surface area contributed by atoms with E-state index in [4.69, 9.17) is 14.2 Å². The molecule has 36 heavy (non-hydrogen) atoms. The third kappa shape index (κ3) is 3.75. The number of allylic oxidation sites excluding steroid dienone is 4. The Morgan fingerprint density at radius 2 is 1.69 bits per heavy atom. The Morgan fingerprint density at radius 3 is 2.31 bits per heavy atom. The molecule has 0 amide bonds. The molecule has 0 spiro atoms. The maximum atomic E-state index is 14.1. The number of ether oxygens (including phenoxy) is 3. The lowest BCUT2D eigenvalue weighted by atomic mass is 9.41. The first-order valence-electron chi connectivity index (χ1n) is 12.7.